The summed E-state index contributed by atoms with van der Waals surface area (Å²) in [6.07, 6.45) is 4.13. The molecule has 0 saturated heterocycles. The minimum absolute atomic E-state index is 1.07. The normalized spacial score (nSPS) is 12.1. The van der Waals surface area contributed by atoms with Crippen molar-refractivity contribution in [3.63, 3.8) is 0 Å². The molecule has 1 aliphatic carbocycles. The average molecular weight is 282 g/mol. The summed E-state index contributed by atoms with van der Waals surface area (Å²) in [7, 11) is 0. The van der Waals surface area contributed by atoms with E-state index < -0.39 is 0 Å². The van der Waals surface area contributed by atoms with Gasteiger partial charge in [-0.1, -0.05) is 67.3 Å². The number of fused-ring (bicyclic) bond motifs is 3. The predicted molar refractivity (Wildman–Crippen MR) is 97.0 cm³/mol. The molecule has 0 nitrogen and oxygen atoms in total. The Balaban J connectivity index is 2.07. The minimum Gasteiger partial charge on any atom is -0.0912 e. The lowest BCUT2D eigenvalue weighted by atomic mass is 9.91. The second kappa shape index (κ2) is 4.71. The van der Waals surface area contributed by atoms with Crippen LogP contribution in [0.1, 0.15) is 18.1 Å². The van der Waals surface area contributed by atoms with Gasteiger partial charge in [0.25, 0.3) is 0 Å². The Labute approximate surface area is 131 Å². The SMILES string of the molecule is C=C(/C=C\C)c1ccc2c(c1C)-c1cccc3cccc-2c13. The molecule has 0 saturated carbocycles. The minimum atomic E-state index is 1.07. The molecule has 0 unspecified atom stereocenters. The van der Waals surface area contributed by atoms with Crippen molar-refractivity contribution in [1.29, 1.82) is 0 Å². The van der Waals surface area contributed by atoms with Crippen LogP contribution in [-0.2, 0) is 0 Å². The zero-order valence-corrected chi connectivity index (χ0v) is 13.0. The highest BCUT2D eigenvalue weighted by Gasteiger charge is 2.23. The van der Waals surface area contributed by atoms with E-state index in [9.17, 15) is 0 Å². The van der Waals surface area contributed by atoms with Crippen LogP contribution in [0.5, 0.6) is 0 Å². The van der Waals surface area contributed by atoms with Crippen molar-refractivity contribution in [2.24, 2.45) is 0 Å². The van der Waals surface area contributed by atoms with Gasteiger partial charge in [-0.05, 0) is 63.6 Å². The van der Waals surface area contributed by atoms with Gasteiger partial charge >= 0.3 is 0 Å². The first-order valence-electron chi connectivity index (χ1n) is 7.70. The van der Waals surface area contributed by atoms with Crippen LogP contribution in [0.15, 0.2) is 67.3 Å². The molecule has 0 aliphatic heterocycles. The van der Waals surface area contributed by atoms with Crippen molar-refractivity contribution in [3.05, 3.63) is 78.4 Å². The number of rotatable bonds is 2. The van der Waals surface area contributed by atoms with Crippen molar-refractivity contribution in [2.45, 2.75) is 13.8 Å². The quantitative estimate of drug-likeness (QED) is 0.374. The number of allylic oxidation sites excluding steroid dienone is 3. The van der Waals surface area contributed by atoms with Gasteiger partial charge in [-0.25, -0.2) is 0 Å². The highest BCUT2D eigenvalue weighted by Crippen LogP contribution is 2.49. The molecule has 0 radical (unpaired) electrons. The molecule has 1 aliphatic rings. The Bertz CT molecular complexity index is 950. The molecular formula is C22H18. The Morgan fingerprint density at radius 1 is 0.909 bits per heavy atom. The van der Waals surface area contributed by atoms with Crippen LogP contribution in [0.3, 0.4) is 0 Å². The van der Waals surface area contributed by atoms with E-state index in [-0.39, 0.29) is 0 Å². The maximum Gasteiger partial charge on any atom is -0.00263 e. The van der Waals surface area contributed by atoms with Gasteiger partial charge in [0.1, 0.15) is 0 Å². The topological polar surface area (TPSA) is 0 Å². The fraction of sp³-hybridized carbons (Fsp3) is 0.0909. The van der Waals surface area contributed by atoms with Crippen molar-refractivity contribution in [1.82, 2.24) is 0 Å². The molecule has 0 aromatic heterocycles. The first-order valence-corrected chi connectivity index (χ1v) is 7.70. The Hall–Kier alpha value is -2.60. The van der Waals surface area contributed by atoms with Crippen LogP contribution in [0, 0.1) is 6.92 Å². The monoisotopic (exact) mass is 282 g/mol. The number of hydrogen-bond acceptors (Lipinski definition) is 0. The molecule has 0 amide bonds. The summed E-state index contributed by atoms with van der Waals surface area (Å²) in [6.45, 7) is 8.46. The van der Waals surface area contributed by atoms with Gasteiger partial charge in [0.2, 0.25) is 0 Å². The highest BCUT2D eigenvalue weighted by atomic mass is 14.3. The molecular weight excluding hydrogens is 264 g/mol. The number of benzene rings is 3. The van der Waals surface area contributed by atoms with Gasteiger partial charge in [0, 0.05) is 0 Å². The van der Waals surface area contributed by atoms with Crippen molar-refractivity contribution < 1.29 is 0 Å². The molecule has 106 valence electrons. The van der Waals surface area contributed by atoms with Crippen LogP contribution >= 0.6 is 0 Å². The Morgan fingerprint density at radius 3 is 2.36 bits per heavy atom. The van der Waals surface area contributed by atoms with Crippen LogP contribution in [0.4, 0.5) is 0 Å². The summed E-state index contributed by atoms with van der Waals surface area (Å²) in [5, 5.41) is 2.70. The summed E-state index contributed by atoms with van der Waals surface area (Å²) in [5.74, 6) is 0. The first kappa shape index (κ1) is 13.1. The van der Waals surface area contributed by atoms with E-state index >= 15 is 0 Å². The van der Waals surface area contributed by atoms with Crippen LogP contribution in [0.2, 0.25) is 0 Å². The Morgan fingerprint density at radius 2 is 1.64 bits per heavy atom. The lowest BCUT2D eigenvalue weighted by Crippen LogP contribution is -1.90. The highest BCUT2D eigenvalue weighted by molar-refractivity contribution is 6.16. The number of hydrogen-bond donors (Lipinski definition) is 0. The van der Waals surface area contributed by atoms with E-state index in [1.807, 2.05) is 13.0 Å². The first-order chi connectivity index (χ1) is 10.7. The summed E-state index contributed by atoms with van der Waals surface area (Å²) in [6, 6.07) is 17.6. The van der Waals surface area contributed by atoms with Crippen molar-refractivity contribution in [2.75, 3.05) is 0 Å². The van der Waals surface area contributed by atoms with E-state index in [0.29, 0.717) is 0 Å². The third-order valence-corrected chi connectivity index (χ3v) is 4.64. The smallest absolute Gasteiger partial charge is 0.00263 e. The zero-order chi connectivity index (χ0) is 15.3. The largest absolute Gasteiger partial charge is 0.0912 e. The summed E-state index contributed by atoms with van der Waals surface area (Å²) < 4.78 is 0. The summed E-state index contributed by atoms with van der Waals surface area (Å²) in [4.78, 5) is 0. The van der Waals surface area contributed by atoms with E-state index in [1.54, 1.807) is 0 Å². The molecule has 0 bridgehead atoms. The third kappa shape index (κ3) is 1.64. The fourth-order valence-electron chi connectivity index (χ4n) is 3.70. The van der Waals surface area contributed by atoms with E-state index in [4.69, 9.17) is 0 Å². The molecule has 0 N–H and O–H groups in total. The molecule has 3 aromatic carbocycles. The van der Waals surface area contributed by atoms with Crippen LogP contribution < -0.4 is 0 Å². The van der Waals surface area contributed by atoms with E-state index in [1.165, 1.54) is 44.2 Å². The van der Waals surface area contributed by atoms with Gasteiger partial charge in [0.05, 0.1) is 0 Å². The van der Waals surface area contributed by atoms with Gasteiger partial charge < -0.3 is 0 Å². The molecule has 0 atom stereocenters. The second-order valence-corrected chi connectivity index (χ2v) is 5.90. The molecule has 4 rings (SSSR count). The molecule has 3 aromatic rings. The second-order valence-electron chi connectivity index (χ2n) is 5.90. The summed E-state index contributed by atoms with van der Waals surface area (Å²) in [5.41, 5.74) is 9.07. The average Bonchev–Trinajstić information content (AvgIpc) is 2.86. The van der Waals surface area contributed by atoms with E-state index in [0.717, 1.165) is 5.57 Å². The van der Waals surface area contributed by atoms with Crippen LogP contribution in [0.25, 0.3) is 38.6 Å². The van der Waals surface area contributed by atoms with Gasteiger partial charge in [0.15, 0.2) is 0 Å². The third-order valence-electron chi connectivity index (χ3n) is 4.64. The van der Waals surface area contributed by atoms with Crippen molar-refractivity contribution in [3.8, 4) is 22.3 Å². The molecule has 22 heavy (non-hydrogen) atoms. The van der Waals surface area contributed by atoms with Gasteiger partial charge in [-0.2, -0.15) is 0 Å². The predicted octanol–water partition coefficient (Wildman–Crippen LogP) is 6.38. The molecule has 0 fully saturated rings. The maximum absolute atomic E-state index is 4.21. The van der Waals surface area contributed by atoms with E-state index in [2.05, 4.69) is 68.1 Å². The molecule has 0 heteroatoms. The lowest BCUT2D eigenvalue weighted by molar-refractivity contribution is 1.44. The zero-order valence-electron chi connectivity index (χ0n) is 13.0. The molecule has 0 spiro atoms. The Kier molecular flexibility index (Phi) is 2.80. The standard InChI is InChI=1S/C22H18/c1-4-7-14(2)17-12-13-19-18-10-5-8-16-9-6-11-20(22(16)18)21(19)15(17)3/h4-13H,2H2,1,3H3/b7-4-. The molecule has 0 heterocycles. The van der Waals surface area contributed by atoms with Crippen LogP contribution in [-0.4, -0.2) is 0 Å². The maximum atomic E-state index is 4.21. The van der Waals surface area contributed by atoms with Gasteiger partial charge in [-0.15, -0.1) is 0 Å². The summed E-state index contributed by atoms with van der Waals surface area (Å²) >= 11 is 0. The van der Waals surface area contributed by atoms with Gasteiger partial charge in [-0.3, -0.25) is 0 Å². The fourth-order valence-corrected chi connectivity index (χ4v) is 3.70. The lowest BCUT2D eigenvalue weighted by Gasteiger charge is -2.12. The van der Waals surface area contributed by atoms with Crippen molar-refractivity contribution >= 4 is 16.3 Å².